The monoisotopic (exact) mass is 341 g/mol. The van der Waals surface area contributed by atoms with E-state index in [0.717, 1.165) is 42.8 Å². The summed E-state index contributed by atoms with van der Waals surface area (Å²) in [5.41, 5.74) is 9.49. The van der Waals surface area contributed by atoms with Crippen LogP contribution in [0.1, 0.15) is 23.1 Å². The number of nitrogens with two attached hydrogens (primary N) is 1. The minimum absolute atomic E-state index is 0.0924. The van der Waals surface area contributed by atoms with Crippen molar-refractivity contribution in [3.63, 3.8) is 0 Å². The Labute approximate surface area is 147 Å². The fraction of sp³-hybridized carbons (Fsp3) is 0.316. The molecule has 2 aromatic rings. The maximum absolute atomic E-state index is 11.0. The summed E-state index contributed by atoms with van der Waals surface area (Å²) in [6.07, 6.45) is 2.04. The van der Waals surface area contributed by atoms with Crippen molar-refractivity contribution in [2.24, 2.45) is 5.73 Å². The molecule has 2 aromatic carbocycles. The molecule has 6 nitrogen and oxygen atoms in total. The van der Waals surface area contributed by atoms with Gasteiger partial charge in [0, 0.05) is 24.3 Å². The number of nitrogens with zero attached hydrogens (tertiary/aromatic N) is 2. The zero-order valence-corrected chi connectivity index (χ0v) is 14.3. The van der Waals surface area contributed by atoms with Crippen molar-refractivity contribution in [1.82, 2.24) is 5.06 Å². The van der Waals surface area contributed by atoms with Crippen LogP contribution in [0.25, 0.3) is 0 Å². The van der Waals surface area contributed by atoms with Gasteiger partial charge in [0.15, 0.2) is 0 Å². The standard InChI is InChI=1S/C19H23N3O3/c1-25-18-7-3-2-5-16(18)13-21-10-4-6-15-11-14(8-9-17(15)21)12-22(24)19(20)23/h2-3,5,7-9,11,24H,4,6,10,12-13H2,1H3,(H2,20,23). The molecule has 25 heavy (non-hydrogen) atoms. The number of carbonyl (C=O) groups is 1. The van der Waals surface area contributed by atoms with E-state index in [1.807, 2.05) is 36.4 Å². The SMILES string of the molecule is COc1ccccc1CN1CCCc2cc(CN(O)C(N)=O)ccc21. The van der Waals surface area contributed by atoms with Gasteiger partial charge in [-0.1, -0.05) is 30.3 Å². The molecule has 0 saturated heterocycles. The number of primary amides is 1. The zero-order valence-electron chi connectivity index (χ0n) is 14.3. The third-order valence-electron chi connectivity index (χ3n) is 4.50. The number of hydroxylamine groups is 2. The van der Waals surface area contributed by atoms with E-state index in [0.29, 0.717) is 5.06 Å². The number of fused-ring (bicyclic) bond motifs is 1. The molecular weight excluding hydrogens is 318 g/mol. The van der Waals surface area contributed by atoms with Crippen LogP contribution >= 0.6 is 0 Å². The predicted molar refractivity (Wildman–Crippen MR) is 95.7 cm³/mol. The number of anilines is 1. The molecule has 1 heterocycles. The molecule has 0 fully saturated rings. The lowest BCUT2D eigenvalue weighted by Crippen LogP contribution is -2.32. The Bertz CT molecular complexity index is 763. The first-order valence-corrected chi connectivity index (χ1v) is 8.33. The van der Waals surface area contributed by atoms with Gasteiger partial charge in [0.25, 0.3) is 0 Å². The van der Waals surface area contributed by atoms with Crippen LogP contribution in [0, 0.1) is 0 Å². The molecule has 3 rings (SSSR count). The van der Waals surface area contributed by atoms with Crippen LogP contribution in [0.2, 0.25) is 0 Å². The molecule has 0 aromatic heterocycles. The van der Waals surface area contributed by atoms with E-state index in [9.17, 15) is 10.0 Å². The average molecular weight is 341 g/mol. The Balaban J connectivity index is 1.81. The van der Waals surface area contributed by atoms with E-state index in [-0.39, 0.29) is 6.54 Å². The van der Waals surface area contributed by atoms with Gasteiger partial charge in [0.05, 0.1) is 13.7 Å². The van der Waals surface area contributed by atoms with E-state index in [4.69, 9.17) is 10.5 Å². The molecule has 0 aliphatic carbocycles. The lowest BCUT2D eigenvalue weighted by Gasteiger charge is -2.32. The van der Waals surface area contributed by atoms with Gasteiger partial charge in [-0.3, -0.25) is 5.21 Å². The minimum Gasteiger partial charge on any atom is -0.496 e. The first-order chi connectivity index (χ1) is 12.1. The van der Waals surface area contributed by atoms with Crippen molar-refractivity contribution in [3.8, 4) is 5.75 Å². The maximum Gasteiger partial charge on any atom is 0.338 e. The summed E-state index contributed by atoms with van der Waals surface area (Å²) in [7, 11) is 1.69. The summed E-state index contributed by atoms with van der Waals surface area (Å²) >= 11 is 0. The molecule has 0 saturated carbocycles. The molecule has 1 aliphatic rings. The molecule has 132 valence electrons. The van der Waals surface area contributed by atoms with Crippen molar-refractivity contribution in [2.45, 2.75) is 25.9 Å². The molecule has 0 spiro atoms. The molecule has 0 bridgehead atoms. The second-order valence-corrected chi connectivity index (χ2v) is 6.20. The van der Waals surface area contributed by atoms with Crippen molar-refractivity contribution in [3.05, 3.63) is 59.2 Å². The molecule has 1 aliphatic heterocycles. The van der Waals surface area contributed by atoms with E-state index in [1.165, 1.54) is 11.3 Å². The van der Waals surface area contributed by atoms with Gasteiger partial charge < -0.3 is 15.4 Å². The van der Waals surface area contributed by atoms with Crippen molar-refractivity contribution in [2.75, 3.05) is 18.6 Å². The number of hydrogen-bond acceptors (Lipinski definition) is 4. The van der Waals surface area contributed by atoms with Crippen LogP contribution in [0.15, 0.2) is 42.5 Å². The third-order valence-corrected chi connectivity index (χ3v) is 4.50. The van der Waals surface area contributed by atoms with Crippen LogP contribution < -0.4 is 15.4 Å². The lowest BCUT2D eigenvalue weighted by molar-refractivity contribution is -0.0470. The summed E-state index contributed by atoms with van der Waals surface area (Å²) in [6.45, 7) is 1.86. The summed E-state index contributed by atoms with van der Waals surface area (Å²) < 4.78 is 5.46. The summed E-state index contributed by atoms with van der Waals surface area (Å²) in [5, 5.41) is 10.0. The first-order valence-electron chi connectivity index (χ1n) is 8.33. The molecule has 0 atom stereocenters. The fourth-order valence-corrected chi connectivity index (χ4v) is 3.28. The van der Waals surface area contributed by atoms with Gasteiger partial charge in [-0.15, -0.1) is 0 Å². The number of para-hydroxylation sites is 1. The molecule has 3 N–H and O–H groups in total. The fourth-order valence-electron chi connectivity index (χ4n) is 3.28. The first kappa shape index (κ1) is 17.1. The van der Waals surface area contributed by atoms with E-state index >= 15 is 0 Å². The summed E-state index contributed by atoms with van der Waals surface area (Å²) in [4.78, 5) is 13.3. The number of benzene rings is 2. The van der Waals surface area contributed by atoms with E-state index in [2.05, 4.69) is 11.0 Å². The van der Waals surface area contributed by atoms with Crippen LogP contribution in [0.3, 0.4) is 0 Å². The Kier molecular flexibility index (Phi) is 5.09. The molecular formula is C19H23N3O3. The van der Waals surface area contributed by atoms with Gasteiger partial charge in [0.2, 0.25) is 0 Å². The Hall–Kier alpha value is -2.73. The highest BCUT2D eigenvalue weighted by molar-refractivity contribution is 5.70. The number of rotatable bonds is 5. The van der Waals surface area contributed by atoms with Crippen molar-refractivity contribution >= 4 is 11.7 Å². The van der Waals surface area contributed by atoms with Crippen LogP contribution in [-0.4, -0.2) is 30.0 Å². The predicted octanol–water partition coefficient (Wildman–Crippen LogP) is 2.92. The van der Waals surface area contributed by atoms with Crippen LogP contribution in [0.5, 0.6) is 5.75 Å². The van der Waals surface area contributed by atoms with Crippen LogP contribution in [-0.2, 0) is 19.5 Å². The highest BCUT2D eigenvalue weighted by atomic mass is 16.5. The smallest absolute Gasteiger partial charge is 0.338 e. The van der Waals surface area contributed by atoms with Gasteiger partial charge in [0.1, 0.15) is 5.75 Å². The minimum atomic E-state index is -0.851. The number of methoxy groups -OCH3 is 1. The van der Waals surface area contributed by atoms with E-state index in [1.54, 1.807) is 7.11 Å². The number of ether oxygens (including phenoxy) is 1. The van der Waals surface area contributed by atoms with Gasteiger partial charge in [-0.05, 0) is 36.1 Å². The van der Waals surface area contributed by atoms with Crippen LogP contribution in [0.4, 0.5) is 10.5 Å². The molecule has 0 unspecified atom stereocenters. The maximum atomic E-state index is 11.0. The number of aryl methyl sites for hydroxylation is 1. The third kappa shape index (κ3) is 3.85. The normalized spacial score (nSPS) is 13.3. The summed E-state index contributed by atoms with van der Waals surface area (Å²) in [6, 6.07) is 13.2. The Morgan fingerprint density at radius 3 is 2.88 bits per heavy atom. The van der Waals surface area contributed by atoms with Gasteiger partial charge in [-0.2, -0.15) is 0 Å². The van der Waals surface area contributed by atoms with E-state index < -0.39 is 6.03 Å². The lowest BCUT2D eigenvalue weighted by atomic mass is 9.98. The van der Waals surface area contributed by atoms with Gasteiger partial charge in [-0.25, -0.2) is 9.86 Å². The number of hydrogen-bond donors (Lipinski definition) is 2. The highest BCUT2D eigenvalue weighted by Gasteiger charge is 2.19. The molecule has 2 amide bonds. The van der Waals surface area contributed by atoms with Crippen molar-refractivity contribution < 1.29 is 14.7 Å². The number of urea groups is 1. The molecule has 0 radical (unpaired) electrons. The average Bonchev–Trinajstić information content (AvgIpc) is 2.62. The Morgan fingerprint density at radius 2 is 2.12 bits per heavy atom. The van der Waals surface area contributed by atoms with Gasteiger partial charge >= 0.3 is 6.03 Å². The Morgan fingerprint density at radius 1 is 1.32 bits per heavy atom. The number of carbonyl (C=O) groups excluding carboxylic acids is 1. The second kappa shape index (κ2) is 7.44. The zero-order chi connectivity index (χ0) is 17.8. The highest BCUT2D eigenvalue weighted by Crippen LogP contribution is 2.31. The molecule has 6 heteroatoms. The largest absolute Gasteiger partial charge is 0.496 e. The summed E-state index contributed by atoms with van der Waals surface area (Å²) in [5.74, 6) is 0.892. The van der Waals surface area contributed by atoms with Crippen molar-refractivity contribution in [1.29, 1.82) is 0 Å². The topological polar surface area (TPSA) is 79.0 Å². The second-order valence-electron chi connectivity index (χ2n) is 6.20. The quantitative estimate of drug-likeness (QED) is 0.647. The number of amides is 2.